The topological polar surface area (TPSA) is 71.7 Å². The van der Waals surface area contributed by atoms with Crippen LogP contribution >= 0.6 is 34.5 Å². The molecule has 10 heteroatoms. The van der Waals surface area contributed by atoms with Crippen molar-refractivity contribution in [3.8, 4) is 0 Å². The SMILES string of the molecule is CCC(C(=O)O)n1c(=NC(=O)c2cc(Cl)cc(Cl)c2)sc2c(F)c(F)ccc21. The summed E-state index contributed by atoms with van der Waals surface area (Å²) < 4.78 is 29.0. The van der Waals surface area contributed by atoms with Gasteiger partial charge in [0.05, 0.1) is 10.2 Å². The Kier molecular flexibility index (Phi) is 5.83. The number of hydrogen-bond acceptors (Lipinski definition) is 3. The zero-order chi connectivity index (χ0) is 20.6. The smallest absolute Gasteiger partial charge is 0.326 e. The Morgan fingerprint density at radius 2 is 1.86 bits per heavy atom. The number of amides is 1. The first-order valence-corrected chi connectivity index (χ1v) is 9.57. The van der Waals surface area contributed by atoms with Gasteiger partial charge < -0.3 is 9.67 Å². The average Bonchev–Trinajstić information content (AvgIpc) is 2.96. The maximum absolute atomic E-state index is 14.2. The number of halogens is 4. The number of rotatable bonds is 4. The molecule has 5 nitrogen and oxygen atoms in total. The molecular formula is C18H12Cl2F2N2O3S. The monoisotopic (exact) mass is 444 g/mol. The van der Waals surface area contributed by atoms with Crippen molar-refractivity contribution < 1.29 is 23.5 Å². The summed E-state index contributed by atoms with van der Waals surface area (Å²) in [5.41, 5.74) is 0.213. The van der Waals surface area contributed by atoms with Gasteiger partial charge in [0, 0.05) is 15.6 Å². The standard InChI is InChI=1S/C18H12Cl2F2N2O3S/c1-2-12(17(26)27)24-13-4-3-11(21)14(22)15(13)28-18(24)23-16(25)8-5-9(19)7-10(20)6-8/h3-7,12H,2H2,1H3,(H,26,27). The molecule has 0 radical (unpaired) electrons. The number of benzene rings is 2. The molecule has 1 heterocycles. The zero-order valence-electron chi connectivity index (χ0n) is 14.2. The number of carboxylic acids is 1. The molecule has 0 fully saturated rings. The quantitative estimate of drug-likeness (QED) is 0.610. The first-order valence-electron chi connectivity index (χ1n) is 8.00. The second kappa shape index (κ2) is 7.98. The van der Waals surface area contributed by atoms with Crippen molar-refractivity contribution >= 4 is 56.6 Å². The van der Waals surface area contributed by atoms with E-state index in [1.807, 2.05) is 0 Å². The van der Waals surface area contributed by atoms with Crippen LogP contribution < -0.4 is 4.80 Å². The number of carboxylic acid groups (broad SMARTS) is 1. The average molecular weight is 445 g/mol. The highest BCUT2D eigenvalue weighted by molar-refractivity contribution is 7.16. The number of nitrogens with zero attached hydrogens (tertiary/aromatic N) is 2. The molecule has 1 N–H and O–H groups in total. The lowest BCUT2D eigenvalue weighted by molar-refractivity contribution is -0.140. The summed E-state index contributed by atoms with van der Waals surface area (Å²) in [6.07, 6.45) is 0.143. The van der Waals surface area contributed by atoms with Crippen LogP contribution in [0.2, 0.25) is 10.0 Å². The maximum atomic E-state index is 14.2. The third-order valence-electron chi connectivity index (χ3n) is 3.98. The van der Waals surface area contributed by atoms with Crippen LogP contribution in [0.1, 0.15) is 29.7 Å². The lowest BCUT2D eigenvalue weighted by Gasteiger charge is -2.13. The molecule has 0 spiro atoms. The number of aliphatic carboxylic acids is 1. The van der Waals surface area contributed by atoms with Gasteiger partial charge in [0.25, 0.3) is 5.91 Å². The Balaban J connectivity index is 2.29. The lowest BCUT2D eigenvalue weighted by Crippen LogP contribution is -2.27. The summed E-state index contributed by atoms with van der Waals surface area (Å²) in [7, 11) is 0. The highest BCUT2D eigenvalue weighted by Gasteiger charge is 2.24. The Bertz CT molecular complexity index is 1150. The Labute approximate surface area is 171 Å². The first-order chi connectivity index (χ1) is 13.2. The summed E-state index contributed by atoms with van der Waals surface area (Å²) in [6.45, 7) is 1.62. The van der Waals surface area contributed by atoms with Crippen molar-refractivity contribution in [1.82, 2.24) is 4.57 Å². The lowest BCUT2D eigenvalue weighted by atomic mass is 10.2. The number of thiazole rings is 1. The number of fused-ring (bicyclic) bond motifs is 1. The van der Waals surface area contributed by atoms with Crippen molar-refractivity contribution in [1.29, 1.82) is 0 Å². The van der Waals surface area contributed by atoms with Crippen molar-refractivity contribution in [2.75, 3.05) is 0 Å². The fourth-order valence-corrected chi connectivity index (χ4v) is 4.35. The second-order valence-electron chi connectivity index (χ2n) is 5.80. The van der Waals surface area contributed by atoms with Gasteiger partial charge in [0.15, 0.2) is 16.4 Å². The van der Waals surface area contributed by atoms with E-state index in [-0.39, 0.29) is 37.0 Å². The van der Waals surface area contributed by atoms with Crippen molar-refractivity contribution in [3.63, 3.8) is 0 Å². The number of aromatic nitrogens is 1. The molecule has 0 saturated carbocycles. The van der Waals surface area contributed by atoms with E-state index < -0.39 is 29.6 Å². The van der Waals surface area contributed by atoms with Crippen molar-refractivity contribution in [3.05, 3.63) is 62.4 Å². The molecule has 0 saturated heterocycles. The van der Waals surface area contributed by atoms with E-state index in [0.29, 0.717) is 11.3 Å². The summed E-state index contributed by atoms with van der Waals surface area (Å²) >= 11 is 12.5. The van der Waals surface area contributed by atoms with Crippen molar-refractivity contribution in [2.45, 2.75) is 19.4 Å². The minimum Gasteiger partial charge on any atom is -0.480 e. The Hall–Kier alpha value is -2.29. The van der Waals surface area contributed by atoms with Gasteiger partial charge >= 0.3 is 5.97 Å². The molecule has 28 heavy (non-hydrogen) atoms. The minimum atomic E-state index is -1.19. The van der Waals surface area contributed by atoms with E-state index in [9.17, 15) is 23.5 Å². The summed E-state index contributed by atoms with van der Waals surface area (Å²) in [6, 6.07) is 5.19. The molecule has 1 amide bonds. The molecule has 3 rings (SSSR count). The summed E-state index contributed by atoms with van der Waals surface area (Å²) in [4.78, 5) is 28.1. The van der Waals surface area contributed by atoms with Crippen LogP contribution in [0.3, 0.4) is 0 Å². The number of carbonyl (C=O) groups is 2. The fraction of sp³-hybridized carbons (Fsp3) is 0.167. The van der Waals surface area contributed by atoms with E-state index >= 15 is 0 Å². The van der Waals surface area contributed by atoms with Crippen LogP contribution in [0.5, 0.6) is 0 Å². The predicted octanol–water partition coefficient (Wildman–Crippen LogP) is 5.06. The fourth-order valence-electron chi connectivity index (χ4n) is 2.73. The van der Waals surface area contributed by atoms with E-state index in [1.54, 1.807) is 6.92 Å². The normalized spacial score (nSPS) is 13.1. The number of hydrogen-bond donors (Lipinski definition) is 1. The molecule has 0 bridgehead atoms. The van der Waals surface area contributed by atoms with Crippen LogP contribution in [0.15, 0.2) is 35.3 Å². The Morgan fingerprint density at radius 3 is 2.43 bits per heavy atom. The zero-order valence-corrected chi connectivity index (χ0v) is 16.6. The van der Waals surface area contributed by atoms with Crippen LogP contribution in [-0.4, -0.2) is 21.6 Å². The molecule has 3 aromatic rings. The highest BCUT2D eigenvalue weighted by Crippen LogP contribution is 2.27. The van der Waals surface area contributed by atoms with Gasteiger partial charge in [-0.1, -0.05) is 41.5 Å². The van der Waals surface area contributed by atoms with Gasteiger partial charge in [0.1, 0.15) is 6.04 Å². The van der Waals surface area contributed by atoms with Gasteiger partial charge in [0.2, 0.25) is 0 Å². The van der Waals surface area contributed by atoms with Gasteiger partial charge in [-0.3, -0.25) is 4.79 Å². The van der Waals surface area contributed by atoms with E-state index in [2.05, 4.69) is 4.99 Å². The molecule has 0 aliphatic rings. The van der Waals surface area contributed by atoms with Gasteiger partial charge in [-0.15, -0.1) is 0 Å². The molecule has 0 aliphatic heterocycles. The maximum Gasteiger partial charge on any atom is 0.326 e. The molecule has 0 aliphatic carbocycles. The van der Waals surface area contributed by atoms with Crippen LogP contribution in [0.25, 0.3) is 10.2 Å². The van der Waals surface area contributed by atoms with E-state index in [1.165, 1.54) is 28.8 Å². The predicted molar refractivity (Wildman–Crippen MR) is 103 cm³/mol. The molecule has 1 aromatic heterocycles. The van der Waals surface area contributed by atoms with Gasteiger partial charge in [-0.2, -0.15) is 4.99 Å². The highest BCUT2D eigenvalue weighted by atomic mass is 35.5. The first kappa shape index (κ1) is 20.4. The van der Waals surface area contributed by atoms with Gasteiger partial charge in [-0.25, -0.2) is 13.6 Å². The molecular weight excluding hydrogens is 433 g/mol. The Morgan fingerprint density at radius 1 is 1.21 bits per heavy atom. The van der Waals surface area contributed by atoms with Crippen molar-refractivity contribution in [2.24, 2.45) is 4.99 Å². The van der Waals surface area contributed by atoms with Crippen LogP contribution in [0.4, 0.5) is 8.78 Å². The summed E-state index contributed by atoms with van der Waals surface area (Å²) in [5.74, 6) is -4.14. The summed E-state index contributed by atoms with van der Waals surface area (Å²) in [5, 5.41) is 9.98. The van der Waals surface area contributed by atoms with Crippen LogP contribution in [-0.2, 0) is 4.79 Å². The van der Waals surface area contributed by atoms with Crippen LogP contribution in [0, 0.1) is 11.6 Å². The molecule has 146 valence electrons. The largest absolute Gasteiger partial charge is 0.480 e. The molecule has 1 atom stereocenters. The van der Waals surface area contributed by atoms with E-state index in [0.717, 1.165) is 6.07 Å². The number of carbonyl (C=O) groups excluding carboxylic acids is 1. The third kappa shape index (κ3) is 3.80. The van der Waals surface area contributed by atoms with E-state index in [4.69, 9.17) is 23.2 Å². The third-order valence-corrected chi connectivity index (χ3v) is 5.48. The minimum absolute atomic E-state index is 0.0742. The van der Waals surface area contributed by atoms with Gasteiger partial charge in [-0.05, 0) is 36.8 Å². The second-order valence-corrected chi connectivity index (χ2v) is 7.65. The molecule has 1 unspecified atom stereocenters. The molecule has 2 aromatic carbocycles.